The fourth-order valence-corrected chi connectivity index (χ4v) is 2.36. The van der Waals surface area contributed by atoms with Crippen LogP contribution in [-0.4, -0.2) is 22.3 Å². The van der Waals surface area contributed by atoms with E-state index in [0.717, 1.165) is 32.1 Å². The topological polar surface area (TPSA) is 57.5 Å². The number of allylic oxidation sites excluding steroid dienone is 2. The summed E-state index contributed by atoms with van der Waals surface area (Å²) >= 11 is 0. The molecule has 1 atom stereocenters. The number of rotatable bonds is 15. The van der Waals surface area contributed by atoms with Gasteiger partial charge in [-0.05, 0) is 32.1 Å². The van der Waals surface area contributed by atoms with E-state index in [1.165, 1.54) is 44.9 Å². The molecule has 0 fully saturated rings. The highest BCUT2D eigenvalue weighted by Gasteiger charge is 2.11. The van der Waals surface area contributed by atoms with E-state index in [-0.39, 0.29) is 0 Å². The third-order valence-electron chi connectivity index (χ3n) is 3.77. The Labute approximate surface area is 130 Å². The van der Waals surface area contributed by atoms with E-state index >= 15 is 0 Å². The molecular formula is C18H34O3. The van der Waals surface area contributed by atoms with Gasteiger partial charge in [0.15, 0.2) is 6.10 Å². The lowest BCUT2D eigenvalue weighted by Gasteiger charge is -2.04. The Kier molecular flexibility index (Phi) is 14.9. The second-order valence-corrected chi connectivity index (χ2v) is 5.87. The molecule has 0 spiro atoms. The minimum absolute atomic E-state index is 0.378. The molecule has 0 aromatic heterocycles. The zero-order chi connectivity index (χ0) is 15.8. The van der Waals surface area contributed by atoms with Gasteiger partial charge in [-0.2, -0.15) is 0 Å². The highest BCUT2D eigenvalue weighted by Crippen LogP contribution is 2.10. The number of aliphatic hydroxyl groups excluding tert-OH is 1. The third kappa shape index (κ3) is 15.4. The first-order valence-corrected chi connectivity index (χ1v) is 8.74. The van der Waals surface area contributed by atoms with Crippen molar-refractivity contribution in [1.82, 2.24) is 0 Å². The van der Waals surface area contributed by atoms with Crippen molar-refractivity contribution in [3.05, 3.63) is 12.2 Å². The zero-order valence-corrected chi connectivity index (χ0v) is 13.7. The van der Waals surface area contributed by atoms with Crippen LogP contribution in [0, 0.1) is 0 Å². The largest absolute Gasteiger partial charge is 0.479 e. The Bertz CT molecular complexity index is 261. The first kappa shape index (κ1) is 20.2. The summed E-state index contributed by atoms with van der Waals surface area (Å²) in [6, 6.07) is 0. The van der Waals surface area contributed by atoms with Crippen LogP contribution in [0.2, 0.25) is 0 Å². The molecule has 0 radical (unpaired) electrons. The number of carbonyl (C=O) groups is 1. The molecule has 124 valence electrons. The van der Waals surface area contributed by atoms with Crippen LogP contribution in [0.4, 0.5) is 0 Å². The molecule has 21 heavy (non-hydrogen) atoms. The molecule has 0 saturated heterocycles. The van der Waals surface area contributed by atoms with Crippen LogP contribution in [0.25, 0.3) is 0 Å². The SMILES string of the molecule is CCCCCCCCC=CCCCCCCC(O)C(=O)O. The summed E-state index contributed by atoms with van der Waals surface area (Å²) < 4.78 is 0. The summed E-state index contributed by atoms with van der Waals surface area (Å²) in [5.74, 6) is -1.10. The van der Waals surface area contributed by atoms with Gasteiger partial charge in [0.2, 0.25) is 0 Å². The monoisotopic (exact) mass is 298 g/mol. The van der Waals surface area contributed by atoms with Gasteiger partial charge in [-0.3, -0.25) is 0 Å². The Morgan fingerprint density at radius 2 is 1.33 bits per heavy atom. The molecule has 3 heteroatoms. The molecule has 0 aromatic carbocycles. The van der Waals surface area contributed by atoms with Crippen LogP contribution in [0.5, 0.6) is 0 Å². The Morgan fingerprint density at radius 1 is 0.857 bits per heavy atom. The molecule has 0 aliphatic heterocycles. The standard InChI is InChI=1S/C18H34O3/c1-2-3-4-5-6-7-8-9-10-11-12-13-14-15-16-17(19)18(20)21/h9-10,17,19H,2-8,11-16H2,1H3,(H,20,21). The average Bonchev–Trinajstić information content (AvgIpc) is 2.47. The van der Waals surface area contributed by atoms with E-state index in [9.17, 15) is 4.79 Å². The summed E-state index contributed by atoms with van der Waals surface area (Å²) in [4.78, 5) is 10.4. The van der Waals surface area contributed by atoms with Crippen LogP contribution in [-0.2, 0) is 4.79 Å². The van der Waals surface area contributed by atoms with E-state index in [2.05, 4.69) is 19.1 Å². The van der Waals surface area contributed by atoms with Gasteiger partial charge in [0.1, 0.15) is 0 Å². The second kappa shape index (κ2) is 15.6. The van der Waals surface area contributed by atoms with Crippen molar-refractivity contribution in [2.24, 2.45) is 0 Å². The number of carboxylic acid groups (broad SMARTS) is 1. The minimum Gasteiger partial charge on any atom is -0.479 e. The number of carboxylic acids is 1. The predicted molar refractivity (Wildman–Crippen MR) is 88.5 cm³/mol. The van der Waals surface area contributed by atoms with Crippen molar-refractivity contribution in [2.75, 3.05) is 0 Å². The van der Waals surface area contributed by atoms with E-state index in [4.69, 9.17) is 10.2 Å². The van der Waals surface area contributed by atoms with E-state index in [0.29, 0.717) is 6.42 Å². The molecule has 0 rings (SSSR count). The summed E-state index contributed by atoms with van der Waals surface area (Å²) in [7, 11) is 0. The van der Waals surface area contributed by atoms with Crippen molar-refractivity contribution in [1.29, 1.82) is 0 Å². The molecule has 0 bridgehead atoms. The average molecular weight is 298 g/mol. The quantitative estimate of drug-likeness (QED) is 0.327. The minimum atomic E-state index is -1.18. The lowest BCUT2D eigenvalue weighted by molar-refractivity contribution is -0.146. The van der Waals surface area contributed by atoms with Crippen molar-refractivity contribution in [3.63, 3.8) is 0 Å². The highest BCUT2D eigenvalue weighted by atomic mass is 16.4. The first-order valence-electron chi connectivity index (χ1n) is 8.74. The van der Waals surface area contributed by atoms with Gasteiger partial charge in [-0.25, -0.2) is 4.79 Å². The lowest BCUT2D eigenvalue weighted by atomic mass is 10.1. The van der Waals surface area contributed by atoms with Crippen LogP contribution in [0.15, 0.2) is 12.2 Å². The maximum Gasteiger partial charge on any atom is 0.332 e. The normalized spacial score (nSPS) is 12.9. The summed E-state index contributed by atoms with van der Waals surface area (Å²) in [6.45, 7) is 2.25. The third-order valence-corrected chi connectivity index (χ3v) is 3.77. The molecule has 2 N–H and O–H groups in total. The van der Waals surface area contributed by atoms with Crippen molar-refractivity contribution in [2.45, 2.75) is 96.5 Å². The van der Waals surface area contributed by atoms with Crippen molar-refractivity contribution >= 4 is 5.97 Å². The van der Waals surface area contributed by atoms with Gasteiger partial charge in [0.05, 0.1) is 0 Å². The van der Waals surface area contributed by atoms with E-state index in [1.807, 2.05) is 0 Å². The molecule has 0 heterocycles. The fraction of sp³-hybridized carbons (Fsp3) is 0.833. The molecule has 0 aromatic rings. The fourth-order valence-electron chi connectivity index (χ4n) is 2.36. The van der Waals surface area contributed by atoms with Crippen molar-refractivity contribution < 1.29 is 15.0 Å². The van der Waals surface area contributed by atoms with Gasteiger partial charge in [0, 0.05) is 0 Å². The summed E-state index contributed by atoms with van der Waals surface area (Å²) in [5.41, 5.74) is 0. The lowest BCUT2D eigenvalue weighted by Crippen LogP contribution is -2.18. The van der Waals surface area contributed by atoms with Gasteiger partial charge < -0.3 is 10.2 Å². The Morgan fingerprint density at radius 3 is 1.86 bits per heavy atom. The Hall–Kier alpha value is -0.830. The van der Waals surface area contributed by atoms with Crippen LogP contribution >= 0.6 is 0 Å². The van der Waals surface area contributed by atoms with E-state index in [1.54, 1.807) is 0 Å². The molecule has 0 aliphatic carbocycles. The molecular weight excluding hydrogens is 264 g/mol. The highest BCUT2D eigenvalue weighted by molar-refractivity contribution is 5.71. The number of hydrogen-bond donors (Lipinski definition) is 2. The van der Waals surface area contributed by atoms with Gasteiger partial charge in [-0.1, -0.05) is 70.4 Å². The van der Waals surface area contributed by atoms with E-state index < -0.39 is 12.1 Å². The summed E-state index contributed by atoms with van der Waals surface area (Å²) in [5, 5.41) is 17.6. The molecule has 3 nitrogen and oxygen atoms in total. The van der Waals surface area contributed by atoms with Crippen LogP contribution < -0.4 is 0 Å². The summed E-state index contributed by atoms with van der Waals surface area (Å²) in [6.07, 6.45) is 18.3. The van der Waals surface area contributed by atoms with Crippen LogP contribution in [0.1, 0.15) is 90.4 Å². The zero-order valence-electron chi connectivity index (χ0n) is 13.7. The first-order chi connectivity index (χ1) is 10.2. The van der Waals surface area contributed by atoms with Gasteiger partial charge in [0.25, 0.3) is 0 Å². The molecule has 1 unspecified atom stereocenters. The smallest absolute Gasteiger partial charge is 0.332 e. The Balaban J connectivity index is 3.17. The maximum absolute atomic E-state index is 10.4. The predicted octanol–water partition coefficient (Wildman–Crippen LogP) is 5.08. The van der Waals surface area contributed by atoms with Gasteiger partial charge in [-0.15, -0.1) is 0 Å². The molecule has 0 saturated carbocycles. The maximum atomic E-state index is 10.4. The number of hydrogen-bond acceptors (Lipinski definition) is 2. The van der Waals surface area contributed by atoms with Crippen LogP contribution in [0.3, 0.4) is 0 Å². The van der Waals surface area contributed by atoms with Crippen molar-refractivity contribution in [3.8, 4) is 0 Å². The number of aliphatic hydroxyl groups is 1. The second-order valence-electron chi connectivity index (χ2n) is 5.87. The molecule has 0 amide bonds. The molecule has 0 aliphatic rings. The number of unbranched alkanes of at least 4 members (excludes halogenated alkanes) is 10. The van der Waals surface area contributed by atoms with Gasteiger partial charge >= 0.3 is 5.97 Å². The number of aliphatic carboxylic acids is 1.